The molecule has 0 aliphatic heterocycles. The summed E-state index contributed by atoms with van der Waals surface area (Å²) in [5.74, 6) is 2.13. The van der Waals surface area contributed by atoms with Gasteiger partial charge in [-0.25, -0.2) is 0 Å². The van der Waals surface area contributed by atoms with E-state index in [0.717, 1.165) is 38.0 Å². The van der Waals surface area contributed by atoms with Crippen molar-refractivity contribution in [3.05, 3.63) is 29.8 Å². The highest BCUT2D eigenvalue weighted by atomic mass is 16.5. The van der Waals surface area contributed by atoms with Gasteiger partial charge in [-0.1, -0.05) is 26.0 Å². The Morgan fingerprint density at radius 1 is 1.22 bits per heavy atom. The van der Waals surface area contributed by atoms with E-state index in [0.29, 0.717) is 11.8 Å². The Hall–Kier alpha value is -1.02. The van der Waals surface area contributed by atoms with Crippen molar-refractivity contribution in [2.24, 2.45) is 5.92 Å². The number of benzene rings is 1. The van der Waals surface area contributed by atoms with Gasteiger partial charge in [0, 0.05) is 0 Å². The fraction of sp³-hybridized carbons (Fsp3) is 0.625. The average Bonchev–Trinajstić information content (AvgIpc) is 2.38. The maximum Gasteiger partial charge on any atom is 0.119 e. The molecule has 0 spiro atoms. The summed E-state index contributed by atoms with van der Waals surface area (Å²) in [6.45, 7) is 5.18. The molecule has 100 valence electrons. The third-order valence-corrected chi connectivity index (χ3v) is 3.83. The molecule has 0 atom stereocenters. The first-order chi connectivity index (χ1) is 8.65. The molecule has 0 bridgehead atoms. The van der Waals surface area contributed by atoms with Crippen LogP contribution in [0.2, 0.25) is 0 Å². The predicted octanol–water partition coefficient (Wildman–Crippen LogP) is 3.74. The Bertz CT molecular complexity index is 365. The molecular formula is C16H24O2. The first-order valence-corrected chi connectivity index (χ1v) is 7.06. The molecule has 1 aromatic rings. The second-order valence-corrected chi connectivity index (χ2v) is 5.71. The Balaban J connectivity index is 1.84. The van der Waals surface area contributed by atoms with Crippen LogP contribution in [0.5, 0.6) is 5.75 Å². The Morgan fingerprint density at radius 2 is 1.94 bits per heavy atom. The zero-order valence-corrected chi connectivity index (χ0v) is 11.4. The third-order valence-electron chi connectivity index (χ3n) is 3.83. The van der Waals surface area contributed by atoms with Crippen LogP contribution in [0.4, 0.5) is 0 Å². The molecule has 1 aliphatic rings. The maximum atomic E-state index is 9.47. The van der Waals surface area contributed by atoms with Gasteiger partial charge in [-0.05, 0) is 55.2 Å². The first kappa shape index (κ1) is 13.4. The summed E-state index contributed by atoms with van der Waals surface area (Å²) in [4.78, 5) is 0. The van der Waals surface area contributed by atoms with E-state index >= 15 is 0 Å². The first-order valence-electron chi connectivity index (χ1n) is 7.06. The van der Waals surface area contributed by atoms with Gasteiger partial charge < -0.3 is 9.84 Å². The topological polar surface area (TPSA) is 29.5 Å². The molecule has 1 aliphatic carbocycles. The molecule has 2 nitrogen and oxygen atoms in total. The van der Waals surface area contributed by atoms with Crippen LogP contribution < -0.4 is 4.74 Å². The van der Waals surface area contributed by atoms with Gasteiger partial charge in [0.2, 0.25) is 0 Å². The third kappa shape index (κ3) is 3.74. The van der Waals surface area contributed by atoms with Crippen LogP contribution >= 0.6 is 0 Å². The summed E-state index contributed by atoms with van der Waals surface area (Å²) < 4.78 is 5.89. The average molecular weight is 248 g/mol. The van der Waals surface area contributed by atoms with Crippen molar-refractivity contribution in [2.75, 3.05) is 6.61 Å². The van der Waals surface area contributed by atoms with E-state index in [1.54, 1.807) is 0 Å². The van der Waals surface area contributed by atoms with E-state index in [4.69, 9.17) is 4.74 Å². The van der Waals surface area contributed by atoms with Gasteiger partial charge in [-0.2, -0.15) is 0 Å². The van der Waals surface area contributed by atoms with Crippen molar-refractivity contribution in [1.29, 1.82) is 0 Å². The van der Waals surface area contributed by atoms with Gasteiger partial charge >= 0.3 is 0 Å². The Morgan fingerprint density at radius 3 is 2.61 bits per heavy atom. The summed E-state index contributed by atoms with van der Waals surface area (Å²) in [7, 11) is 0. The lowest BCUT2D eigenvalue weighted by Crippen LogP contribution is -2.22. The van der Waals surface area contributed by atoms with Crippen LogP contribution in [0.3, 0.4) is 0 Å². The Labute approximate surface area is 110 Å². The van der Waals surface area contributed by atoms with E-state index in [1.807, 2.05) is 6.07 Å². The molecule has 0 amide bonds. The van der Waals surface area contributed by atoms with Crippen molar-refractivity contribution in [3.8, 4) is 5.75 Å². The molecule has 2 rings (SSSR count). The van der Waals surface area contributed by atoms with Gasteiger partial charge in [-0.15, -0.1) is 0 Å². The van der Waals surface area contributed by atoms with Crippen LogP contribution in [0.25, 0.3) is 0 Å². The number of hydrogen-bond acceptors (Lipinski definition) is 2. The fourth-order valence-corrected chi connectivity index (χ4v) is 2.49. The van der Waals surface area contributed by atoms with Crippen LogP contribution in [0.1, 0.15) is 51.0 Å². The van der Waals surface area contributed by atoms with Crippen molar-refractivity contribution in [2.45, 2.75) is 51.6 Å². The molecule has 0 heterocycles. The van der Waals surface area contributed by atoms with Crippen LogP contribution in [0.15, 0.2) is 24.3 Å². The fourth-order valence-electron chi connectivity index (χ4n) is 2.49. The lowest BCUT2D eigenvalue weighted by Gasteiger charge is -2.25. The van der Waals surface area contributed by atoms with Gasteiger partial charge in [0.25, 0.3) is 0 Å². The van der Waals surface area contributed by atoms with Gasteiger partial charge in [-0.3, -0.25) is 0 Å². The summed E-state index contributed by atoms with van der Waals surface area (Å²) >= 11 is 0. The van der Waals surface area contributed by atoms with Crippen molar-refractivity contribution in [1.82, 2.24) is 0 Å². The van der Waals surface area contributed by atoms with E-state index in [9.17, 15) is 5.11 Å². The minimum atomic E-state index is -0.0782. The summed E-state index contributed by atoms with van der Waals surface area (Å²) in [5, 5.41) is 9.47. The normalized spacial score (nSPS) is 24.2. The minimum absolute atomic E-state index is 0.0782. The second kappa shape index (κ2) is 6.24. The van der Waals surface area contributed by atoms with Crippen LogP contribution in [-0.4, -0.2) is 17.8 Å². The molecule has 1 saturated carbocycles. The highest BCUT2D eigenvalue weighted by Crippen LogP contribution is 2.26. The quantitative estimate of drug-likeness (QED) is 0.879. The SMILES string of the molecule is CC(C)c1cccc(OCC2CCC(O)CC2)c1. The van der Waals surface area contributed by atoms with Gasteiger partial charge in [0.15, 0.2) is 0 Å². The molecule has 1 N–H and O–H groups in total. The van der Waals surface area contributed by atoms with Gasteiger partial charge in [0.05, 0.1) is 12.7 Å². The Kier molecular flexibility index (Phi) is 4.65. The molecule has 1 fully saturated rings. The smallest absolute Gasteiger partial charge is 0.119 e. The van der Waals surface area contributed by atoms with Crippen LogP contribution in [0, 0.1) is 5.92 Å². The molecule has 0 unspecified atom stereocenters. The molecule has 2 heteroatoms. The lowest BCUT2D eigenvalue weighted by molar-refractivity contribution is 0.0917. The molecule has 0 radical (unpaired) electrons. The largest absolute Gasteiger partial charge is 0.493 e. The van der Waals surface area contributed by atoms with E-state index < -0.39 is 0 Å². The summed E-state index contributed by atoms with van der Waals surface area (Å²) in [5.41, 5.74) is 1.33. The number of ether oxygens (including phenoxy) is 1. The van der Waals surface area contributed by atoms with Crippen LogP contribution in [-0.2, 0) is 0 Å². The van der Waals surface area contributed by atoms with Crippen molar-refractivity contribution in [3.63, 3.8) is 0 Å². The molecule has 18 heavy (non-hydrogen) atoms. The molecule has 1 aromatic carbocycles. The van der Waals surface area contributed by atoms with E-state index in [1.165, 1.54) is 5.56 Å². The number of hydrogen-bond donors (Lipinski definition) is 1. The zero-order valence-electron chi connectivity index (χ0n) is 11.4. The van der Waals surface area contributed by atoms with Crippen molar-refractivity contribution >= 4 is 0 Å². The monoisotopic (exact) mass is 248 g/mol. The van der Waals surface area contributed by atoms with Crippen molar-refractivity contribution < 1.29 is 9.84 Å². The standard InChI is InChI=1S/C16H24O2/c1-12(2)14-4-3-5-16(10-14)18-11-13-6-8-15(17)9-7-13/h3-5,10,12-13,15,17H,6-9,11H2,1-2H3. The summed E-state index contributed by atoms with van der Waals surface area (Å²) in [6, 6.07) is 8.38. The van der Waals surface area contributed by atoms with Gasteiger partial charge in [0.1, 0.15) is 5.75 Å². The molecule has 0 saturated heterocycles. The number of rotatable bonds is 4. The molecule has 0 aromatic heterocycles. The van der Waals surface area contributed by atoms with E-state index in [-0.39, 0.29) is 6.10 Å². The number of aliphatic hydroxyl groups is 1. The minimum Gasteiger partial charge on any atom is -0.493 e. The highest BCUT2D eigenvalue weighted by Gasteiger charge is 2.19. The lowest BCUT2D eigenvalue weighted by atomic mass is 9.88. The number of aliphatic hydroxyl groups excluding tert-OH is 1. The molecular weight excluding hydrogens is 224 g/mol. The maximum absolute atomic E-state index is 9.47. The van der Waals surface area contributed by atoms with E-state index in [2.05, 4.69) is 32.0 Å². The predicted molar refractivity (Wildman–Crippen MR) is 74.0 cm³/mol. The zero-order chi connectivity index (χ0) is 13.0. The highest BCUT2D eigenvalue weighted by molar-refractivity contribution is 5.30. The summed E-state index contributed by atoms with van der Waals surface area (Å²) in [6.07, 6.45) is 3.96. The second-order valence-electron chi connectivity index (χ2n) is 5.71.